The molecule has 11 heteroatoms. The van der Waals surface area contributed by atoms with Gasteiger partial charge in [0.05, 0.1) is 12.2 Å². The number of pyridine rings is 1. The fraction of sp³-hybridized carbons (Fsp3) is 0.321. The highest BCUT2D eigenvalue weighted by Crippen LogP contribution is 2.24. The van der Waals surface area contributed by atoms with Gasteiger partial charge in [0, 0.05) is 50.7 Å². The van der Waals surface area contributed by atoms with Gasteiger partial charge in [0.15, 0.2) is 11.5 Å². The van der Waals surface area contributed by atoms with Crippen LogP contribution in [0.3, 0.4) is 0 Å². The van der Waals surface area contributed by atoms with Gasteiger partial charge in [0.25, 0.3) is 5.56 Å². The molecule has 4 heterocycles. The van der Waals surface area contributed by atoms with Gasteiger partial charge in [0.1, 0.15) is 11.0 Å². The van der Waals surface area contributed by atoms with Gasteiger partial charge in [-0.15, -0.1) is 6.58 Å². The van der Waals surface area contributed by atoms with E-state index in [0.29, 0.717) is 41.6 Å². The fourth-order valence-corrected chi connectivity index (χ4v) is 4.65. The summed E-state index contributed by atoms with van der Waals surface area (Å²) in [5, 5.41) is 14.1. The molecule has 11 nitrogen and oxygen atoms in total. The molecular weight excluding hydrogens is 496 g/mol. The van der Waals surface area contributed by atoms with Crippen molar-refractivity contribution in [1.82, 2.24) is 29.2 Å². The quantitative estimate of drug-likeness (QED) is 0.351. The molecule has 1 fully saturated rings. The van der Waals surface area contributed by atoms with E-state index < -0.39 is 5.60 Å². The SMILES string of the molecule is C=CCn1c(=O)c2cnc(Nc3ccc(N4CCN(C(C)=O)CC4)cc3)nc2n1-c1cccc(C(C)(C)O)n1. The summed E-state index contributed by atoms with van der Waals surface area (Å²) in [5.41, 5.74) is 1.31. The molecule has 39 heavy (non-hydrogen) atoms. The number of rotatable bonds is 7. The van der Waals surface area contributed by atoms with Crippen molar-refractivity contribution >= 4 is 34.3 Å². The van der Waals surface area contributed by atoms with Crippen LogP contribution in [-0.2, 0) is 16.9 Å². The van der Waals surface area contributed by atoms with Crippen LogP contribution in [0.2, 0.25) is 0 Å². The van der Waals surface area contributed by atoms with Gasteiger partial charge in [-0.3, -0.25) is 9.59 Å². The molecule has 4 aromatic rings. The molecule has 1 aliphatic rings. The molecule has 3 aromatic heterocycles. The average Bonchev–Trinajstić information content (AvgIpc) is 3.19. The molecule has 1 aromatic carbocycles. The lowest BCUT2D eigenvalue weighted by atomic mass is 10.1. The van der Waals surface area contributed by atoms with E-state index in [1.807, 2.05) is 29.2 Å². The lowest BCUT2D eigenvalue weighted by Crippen LogP contribution is -2.48. The third-order valence-electron chi connectivity index (χ3n) is 6.77. The summed E-state index contributed by atoms with van der Waals surface area (Å²) in [4.78, 5) is 42.6. The zero-order valence-corrected chi connectivity index (χ0v) is 22.3. The van der Waals surface area contributed by atoms with Crippen LogP contribution in [0.15, 0.2) is 66.1 Å². The maximum atomic E-state index is 13.2. The predicted octanol–water partition coefficient (Wildman–Crippen LogP) is 2.80. The molecule has 1 saturated heterocycles. The molecule has 2 N–H and O–H groups in total. The summed E-state index contributed by atoms with van der Waals surface area (Å²) in [6, 6.07) is 13.2. The van der Waals surface area contributed by atoms with Gasteiger partial charge in [-0.25, -0.2) is 19.3 Å². The lowest BCUT2D eigenvalue weighted by molar-refractivity contribution is -0.129. The third-order valence-corrected chi connectivity index (χ3v) is 6.77. The summed E-state index contributed by atoms with van der Waals surface area (Å²) in [7, 11) is 0. The number of aliphatic hydroxyl groups is 1. The molecule has 0 radical (unpaired) electrons. The van der Waals surface area contributed by atoms with Crippen LogP contribution in [-0.4, -0.2) is 66.4 Å². The Bertz CT molecular complexity index is 1580. The Morgan fingerprint density at radius 3 is 2.46 bits per heavy atom. The van der Waals surface area contributed by atoms with Crippen LogP contribution in [0.4, 0.5) is 17.3 Å². The molecule has 0 aliphatic carbocycles. The molecule has 0 saturated carbocycles. The topological polar surface area (TPSA) is 121 Å². The number of allylic oxidation sites excluding steroid dienone is 1. The van der Waals surface area contributed by atoms with Crippen molar-refractivity contribution in [3.8, 4) is 5.82 Å². The van der Waals surface area contributed by atoms with E-state index >= 15 is 0 Å². The molecule has 202 valence electrons. The van der Waals surface area contributed by atoms with Gasteiger partial charge in [0.2, 0.25) is 11.9 Å². The Labute approximate surface area is 226 Å². The summed E-state index contributed by atoms with van der Waals surface area (Å²) in [6.07, 6.45) is 3.14. The first kappa shape index (κ1) is 26.1. The van der Waals surface area contributed by atoms with Crippen molar-refractivity contribution in [2.45, 2.75) is 32.9 Å². The molecule has 0 bridgehead atoms. The third kappa shape index (κ3) is 5.26. The van der Waals surface area contributed by atoms with Gasteiger partial charge < -0.3 is 20.2 Å². The van der Waals surface area contributed by atoms with E-state index in [0.717, 1.165) is 24.5 Å². The molecule has 1 amide bonds. The zero-order chi connectivity index (χ0) is 27.7. The van der Waals surface area contributed by atoms with Gasteiger partial charge >= 0.3 is 0 Å². The van der Waals surface area contributed by atoms with Crippen molar-refractivity contribution in [2.24, 2.45) is 0 Å². The number of hydrogen-bond donors (Lipinski definition) is 2. The highest BCUT2D eigenvalue weighted by atomic mass is 16.3. The van der Waals surface area contributed by atoms with Crippen LogP contribution in [0.5, 0.6) is 0 Å². The molecule has 5 rings (SSSR count). The van der Waals surface area contributed by atoms with Crippen molar-refractivity contribution in [3.63, 3.8) is 0 Å². The van der Waals surface area contributed by atoms with Crippen LogP contribution in [0, 0.1) is 0 Å². The Morgan fingerprint density at radius 1 is 1.10 bits per heavy atom. The summed E-state index contributed by atoms with van der Waals surface area (Å²) >= 11 is 0. The fourth-order valence-electron chi connectivity index (χ4n) is 4.65. The number of carbonyl (C=O) groups excluding carboxylic acids is 1. The first-order chi connectivity index (χ1) is 18.7. The van der Waals surface area contributed by atoms with Crippen molar-refractivity contribution < 1.29 is 9.90 Å². The lowest BCUT2D eigenvalue weighted by Gasteiger charge is -2.35. The number of nitrogens with zero attached hydrogens (tertiary/aromatic N) is 7. The Kier molecular flexibility index (Phi) is 6.92. The monoisotopic (exact) mass is 528 g/mol. The molecule has 0 unspecified atom stereocenters. The number of aromatic nitrogens is 5. The van der Waals surface area contributed by atoms with E-state index in [4.69, 9.17) is 0 Å². The number of fused-ring (bicyclic) bond motifs is 1. The number of amides is 1. The minimum atomic E-state index is -1.16. The number of nitrogens with one attached hydrogen (secondary N) is 1. The number of benzene rings is 1. The highest BCUT2D eigenvalue weighted by molar-refractivity contribution is 5.77. The van der Waals surface area contributed by atoms with E-state index in [2.05, 4.69) is 31.7 Å². The van der Waals surface area contributed by atoms with Crippen molar-refractivity contribution in [2.75, 3.05) is 36.4 Å². The second-order valence-electron chi connectivity index (χ2n) is 10.0. The number of carbonyl (C=O) groups is 1. The Hall–Kier alpha value is -4.51. The number of hydrogen-bond acceptors (Lipinski definition) is 8. The second kappa shape index (κ2) is 10.3. The number of anilines is 3. The summed E-state index contributed by atoms with van der Waals surface area (Å²) in [5.74, 6) is 0.882. The first-order valence-corrected chi connectivity index (χ1v) is 12.8. The van der Waals surface area contributed by atoms with Crippen LogP contribution in [0.25, 0.3) is 16.9 Å². The van der Waals surface area contributed by atoms with Crippen LogP contribution in [0.1, 0.15) is 26.5 Å². The van der Waals surface area contributed by atoms with Gasteiger partial charge in [-0.05, 0) is 50.2 Å². The minimum Gasteiger partial charge on any atom is -0.384 e. The standard InChI is InChI=1S/C28H32N8O3/c1-5-13-35-26(38)22-18-29-27(32-25(22)36(35)24-8-6-7-23(31-24)28(3,4)39)30-20-9-11-21(12-10-20)34-16-14-33(15-17-34)19(2)37/h5-12,18,39H,1,13-17H2,2-4H3,(H,29,30,32). The van der Waals surface area contributed by atoms with E-state index in [9.17, 15) is 14.7 Å². The van der Waals surface area contributed by atoms with Gasteiger partial charge in [-0.2, -0.15) is 4.98 Å². The largest absolute Gasteiger partial charge is 0.384 e. The Balaban J connectivity index is 1.45. The average molecular weight is 529 g/mol. The van der Waals surface area contributed by atoms with E-state index in [-0.39, 0.29) is 18.0 Å². The van der Waals surface area contributed by atoms with Gasteiger partial charge in [-0.1, -0.05) is 12.1 Å². The molecule has 1 aliphatic heterocycles. The zero-order valence-electron chi connectivity index (χ0n) is 22.3. The van der Waals surface area contributed by atoms with Crippen molar-refractivity contribution in [1.29, 1.82) is 0 Å². The smallest absolute Gasteiger partial charge is 0.278 e. The molecule has 0 spiro atoms. The maximum Gasteiger partial charge on any atom is 0.278 e. The van der Waals surface area contributed by atoms with E-state index in [1.165, 1.54) is 10.9 Å². The van der Waals surface area contributed by atoms with Crippen molar-refractivity contribution in [3.05, 3.63) is 77.4 Å². The number of piperazine rings is 1. The van der Waals surface area contributed by atoms with Crippen LogP contribution < -0.4 is 15.8 Å². The summed E-state index contributed by atoms with van der Waals surface area (Å²) < 4.78 is 3.12. The second-order valence-corrected chi connectivity index (χ2v) is 10.0. The predicted molar refractivity (Wildman–Crippen MR) is 151 cm³/mol. The minimum absolute atomic E-state index is 0.108. The Morgan fingerprint density at radius 2 is 1.82 bits per heavy atom. The highest BCUT2D eigenvalue weighted by Gasteiger charge is 2.22. The van der Waals surface area contributed by atoms with Crippen LogP contribution >= 0.6 is 0 Å². The molecular formula is C28H32N8O3. The maximum absolute atomic E-state index is 13.2. The normalized spacial score (nSPS) is 14.1. The first-order valence-electron chi connectivity index (χ1n) is 12.8. The molecule has 0 atom stereocenters. The van der Waals surface area contributed by atoms with E-state index in [1.54, 1.807) is 49.7 Å². The summed E-state index contributed by atoms with van der Waals surface area (Å²) in [6.45, 7) is 11.9.